The zero-order valence-corrected chi connectivity index (χ0v) is 11.1. The second-order valence-electron chi connectivity index (χ2n) is 4.34. The van der Waals surface area contributed by atoms with E-state index in [4.69, 9.17) is 0 Å². The summed E-state index contributed by atoms with van der Waals surface area (Å²) in [6, 6.07) is 9.54. The molecule has 0 aliphatic heterocycles. The Hall–Kier alpha value is -2.50. The fourth-order valence-corrected chi connectivity index (χ4v) is 1.70. The molecule has 2 rings (SSSR count). The van der Waals surface area contributed by atoms with Crippen molar-refractivity contribution in [3.63, 3.8) is 0 Å². The predicted molar refractivity (Wildman–Crippen MR) is 72.2 cm³/mol. The Balaban J connectivity index is 2.09. The average Bonchev–Trinajstić information content (AvgIpc) is 2.42. The van der Waals surface area contributed by atoms with Crippen molar-refractivity contribution in [1.29, 1.82) is 0 Å². The number of hydrogen-bond donors (Lipinski definition) is 1. The summed E-state index contributed by atoms with van der Waals surface area (Å²) in [7, 11) is 0. The van der Waals surface area contributed by atoms with Crippen LogP contribution in [0, 0.1) is 12.7 Å². The van der Waals surface area contributed by atoms with Crippen molar-refractivity contribution in [3.8, 4) is 5.75 Å². The number of anilines is 1. The predicted octanol–water partition coefficient (Wildman–Crippen LogP) is 3.99. The van der Waals surface area contributed by atoms with E-state index in [1.54, 1.807) is 13.0 Å². The summed E-state index contributed by atoms with van der Waals surface area (Å²) in [6.45, 7) is -1.19. The van der Waals surface area contributed by atoms with Crippen molar-refractivity contribution >= 4 is 11.6 Å². The van der Waals surface area contributed by atoms with Gasteiger partial charge in [0.1, 0.15) is 11.6 Å². The molecule has 2 aromatic rings. The van der Waals surface area contributed by atoms with Crippen LogP contribution in [0.4, 0.5) is 18.9 Å². The summed E-state index contributed by atoms with van der Waals surface area (Å²) in [4.78, 5) is 11.9. The number of amides is 1. The van der Waals surface area contributed by atoms with Crippen molar-refractivity contribution in [2.24, 2.45) is 0 Å². The number of halogens is 3. The lowest BCUT2D eigenvalue weighted by atomic mass is 10.2. The van der Waals surface area contributed by atoms with E-state index in [0.717, 1.165) is 5.56 Å². The molecule has 1 N–H and O–H groups in total. The van der Waals surface area contributed by atoms with Crippen molar-refractivity contribution in [3.05, 3.63) is 59.4 Å². The van der Waals surface area contributed by atoms with Gasteiger partial charge in [0, 0.05) is 5.56 Å². The quantitative estimate of drug-likeness (QED) is 0.926. The molecule has 0 saturated heterocycles. The second-order valence-corrected chi connectivity index (χ2v) is 4.34. The topological polar surface area (TPSA) is 38.3 Å². The molecule has 3 nitrogen and oxygen atoms in total. The lowest BCUT2D eigenvalue weighted by molar-refractivity contribution is -0.0498. The van der Waals surface area contributed by atoms with Gasteiger partial charge in [0.2, 0.25) is 0 Å². The third-order valence-corrected chi connectivity index (χ3v) is 2.71. The summed E-state index contributed by atoms with van der Waals surface area (Å²) < 4.78 is 41.8. The van der Waals surface area contributed by atoms with Crippen LogP contribution in [0.5, 0.6) is 5.75 Å². The minimum Gasteiger partial charge on any atom is -0.435 e. The highest BCUT2D eigenvalue weighted by Gasteiger charge is 2.10. The molecule has 0 spiro atoms. The van der Waals surface area contributed by atoms with E-state index in [2.05, 4.69) is 10.1 Å². The van der Waals surface area contributed by atoms with Crippen LogP contribution in [-0.4, -0.2) is 12.5 Å². The molecule has 0 aromatic heterocycles. The third-order valence-electron chi connectivity index (χ3n) is 2.71. The normalized spacial score (nSPS) is 10.5. The number of nitrogens with one attached hydrogen (secondary N) is 1. The van der Waals surface area contributed by atoms with E-state index in [0.29, 0.717) is 0 Å². The summed E-state index contributed by atoms with van der Waals surface area (Å²) in [6.07, 6.45) is 0. The maximum Gasteiger partial charge on any atom is 0.387 e. The summed E-state index contributed by atoms with van der Waals surface area (Å²) in [5, 5.41) is 2.41. The first-order chi connectivity index (χ1) is 9.95. The summed E-state index contributed by atoms with van der Waals surface area (Å²) in [5.74, 6) is -1.13. The molecule has 0 bridgehead atoms. The highest BCUT2D eigenvalue weighted by Crippen LogP contribution is 2.18. The Morgan fingerprint density at radius 3 is 2.38 bits per heavy atom. The molecule has 0 saturated carbocycles. The van der Waals surface area contributed by atoms with E-state index in [9.17, 15) is 18.0 Å². The molecule has 0 fully saturated rings. The lowest BCUT2D eigenvalue weighted by Gasteiger charge is -2.08. The van der Waals surface area contributed by atoms with Crippen molar-refractivity contribution in [2.75, 3.05) is 5.32 Å². The maximum atomic E-state index is 13.6. The first-order valence-corrected chi connectivity index (χ1v) is 6.08. The van der Waals surface area contributed by atoms with Gasteiger partial charge in [-0.3, -0.25) is 4.79 Å². The zero-order valence-electron chi connectivity index (χ0n) is 11.1. The number of carbonyl (C=O) groups excluding carboxylic acids is 1. The zero-order chi connectivity index (χ0) is 15.4. The SMILES string of the molecule is Cc1ccc(NC(=O)c2ccc(OC(F)F)cc2)c(F)c1. The molecular weight excluding hydrogens is 283 g/mol. The molecular formula is C15H12F3NO2. The van der Waals surface area contributed by atoms with Crippen molar-refractivity contribution in [1.82, 2.24) is 0 Å². The lowest BCUT2D eigenvalue weighted by Crippen LogP contribution is -2.13. The van der Waals surface area contributed by atoms with Gasteiger partial charge in [-0.15, -0.1) is 0 Å². The first-order valence-electron chi connectivity index (χ1n) is 6.08. The van der Waals surface area contributed by atoms with Gasteiger partial charge in [-0.1, -0.05) is 6.07 Å². The van der Waals surface area contributed by atoms with Crippen LogP contribution < -0.4 is 10.1 Å². The van der Waals surface area contributed by atoms with Crippen LogP contribution in [0.3, 0.4) is 0 Å². The number of aryl methyl sites for hydroxylation is 1. The number of hydrogen-bond acceptors (Lipinski definition) is 2. The number of benzene rings is 2. The van der Waals surface area contributed by atoms with E-state index >= 15 is 0 Å². The average molecular weight is 295 g/mol. The van der Waals surface area contributed by atoms with Gasteiger partial charge in [0.15, 0.2) is 0 Å². The molecule has 0 heterocycles. The Morgan fingerprint density at radius 1 is 1.14 bits per heavy atom. The molecule has 1 amide bonds. The van der Waals surface area contributed by atoms with Crippen molar-refractivity contribution in [2.45, 2.75) is 13.5 Å². The number of carbonyl (C=O) groups is 1. The van der Waals surface area contributed by atoms with Crippen molar-refractivity contribution < 1.29 is 22.7 Å². The molecule has 0 aliphatic rings. The van der Waals surface area contributed by atoms with Gasteiger partial charge in [0.05, 0.1) is 5.69 Å². The molecule has 21 heavy (non-hydrogen) atoms. The van der Waals surface area contributed by atoms with Crippen LogP contribution in [0.1, 0.15) is 15.9 Å². The van der Waals surface area contributed by atoms with Crippen LogP contribution >= 0.6 is 0 Å². The summed E-state index contributed by atoms with van der Waals surface area (Å²) in [5.41, 5.74) is 0.995. The van der Waals surface area contributed by atoms with Crippen LogP contribution in [0.25, 0.3) is 0 Å². The monoisotopic (exact) mass is 295 g/mol. The molecule has 6 heteroatoms. The highest BCUT2D eigenvalue weighted by molar-refractivity contribution is 6.04. The first kappa shape index (κ1) is 14.9. The third kappa shape index (κ3) is 3.98. The second kappa shape index (κ2) is 6.30. The van der Waals surface area contributed by atoms with Crippen LogP contribution in [-0.2, 0) is 0 Å². The van der Waals surface area contributed by atoms with Crippen LogP contribution in [0.15, 0.2) is 42.5 Å². The van der Waals surface area contributed by atoms with Crippen LogP contribution in [0.2, 0.25) is 0 Å². The Labute approximate surface area is 119 Å². The van der Waals surface area contributed by atoms with Gasteiger partial charge in [-0.25, -0.2) is 4.39 Å². The van der Waals surface area contributed by atoms with E-state index < -0.39 is 18.3 Å². The fourth-order valence-electron chi connectivity index (χ4n) is 1.70. The Kier molecular flexibility index (Phi) is 4.47. The van der Waals surface area contributed by atoms with E-state index in [1.165, 1.54) is 36.4 Å². The molecule has 0 radical (unpaired) electrons. The van der Waals surface area contributed by atoms with Gasteiger partial charge in [-0.05, 0) is 48.9 Å². The number of ether oxygens (including phenoxy) is 1. The standard InChI is InChI=1S/C15H12F3NO2/c1-9-2-7-13(12(16)8-9)19-14(20)10-3-5-11(6-4-10)21-15(17)18/h2-8,15H,1H3,(H,19,20). The fraction of sp³-hybridized carbons (Fsp3) is 0.133. The Bertz CT molecular complexity index is 642. The molecule has 2 aromatic carbocycles. The smallest absolute Gasteiger partial charge is 0.387 e. The van der Waals surface area contributed by atoms with E-state index in [-0.39, 0.29) is 17.0 Å². The minimum atomic E-state index is -2.92. The number of rotatable bonds is 4. The van der Waals surface area contributed by atoms with Gasteiger partial charge >= 0.3 is 6.61 Å². The molecule has 0 unspecified atom stereocenters. The highest BCUT2D eigenvalue weighted by atomic mass is 19.3. The van der Waals surface area contributed by atoms with Gasteiger partial charge in [0.25, 0.3) is 5.91 Å². The minimum absolute atomic E-state index is 0.0527. The number of alkyl halides is 2. The van der Waals surface area contributed by atoms with Gasteiger partial charge in [-0.2, -0.15) is 8.78 Å². The van der Waals surface area contributed by atoms with Gasteiger partial charge < -0.3 is 10.1 Å². The summed E-state index contributed by atoms with van der Waals surface area (Å²) >= 11 is 0. The molecule has 0 atom stereocenters. The Morgan fingerprint density at radius 2 is 1.81 bits per heavy atom. The van der Waals surface area contributed by atoms with E-state index in [1.807, 2.05) is 0 Å². The molecule has 0 aliphatic carbocycles. The molecule has 110 valence electrons. The maximum absolute atomic E-state index is 13.6. The largest absolute Gasteiger partial charge is 0.435 e.